The van der Waals surface area contributed by atoms with E-state index >= 15 is 0 Å². The number of benzene rings is 2. The van der Waals surface area contributed by atoms with E-state index in [0.717, 1.165) is 10.6 Å². The topological polar surface area (TPSA) is 0 Å². The molecule has 2 rings (SSSR count). The monoisotopic (exact) mass is 234 g/mol. The van der Waals surface area contributed by atoms with Crippen LogP contribution in [0.5, 0.6) is 0 Å². The Morgan fingerprint density at radius 3 is 1.31 bits per heavy atom. The van der Waals surface area contributed by atoms with Crippen molar-refractivity contribution in [3.8, 4) is 0 Å². The summed E-state index contributed by atoms with van der Waals surface area (Å²) in [6, 6.07) is 13.0. The summed E-state index contributed by atoms with van der Waals surface area (Å²) in [4.78, 5) is 0. The molecule has 0 bridgehead atoms. The van der Waals surface area contributed by atoms with Crippen LogP contribution in [0.1, 0.15) is 0 Å². The molecule has 80 valence electrons. The van der Waals surface area contributed by atoms with Crippen LogP contribution >= 0.6 is 7.80 Å². The fourth-order valence-corrected chi connectivity index (χ4v) is 2.97. The molecule has 0 saturated carbocycles. The smallest absolute Gasteiger partial charge is 0.145 e. The van der Waals surface area contributed by atoms with Gasteiger partial charge in [0.15, 0.2) is 0 Å². The molecule has 0 radical (unpaired) electrons. The van der Waals surface area contributed by atoms with Crippen LogP contribution in [0.15, 0.2) is 48.5 Å². The molecule has 0 N–H and O–H groups in total. The predicted octanol–water partition coefficient (Wildman–Crippen LogP) is 1.95. The van der Waals surface area contributed by atoms with Crippen LogP contribution in [0.2, 0.25) is 0 Å². The van der Waals surface area contributed by atoms with Crippen molar-refractivity contribution in [2.45, 2.75) is 0 Å². The highest BCUT2D eigenvalue weighted by Gasteiger charge is 2.07. The highest BCUT2D eigenvalue weighted by Crippen LogP contribution is 2.26. The van der Waals surface area contributed by atoms with Crippen LogP contribution in [-0.2, 0) is 0 Å². The lowest BCUT2D eigenvalue weighted by Gasteiger charge is -2.13. The molecule has 4 heteroatoms. The number of rotatable bonds is 2. The molecule has 0 spiro atoms. The van der Waals surface area contributed by atoms with Gasteiger partial charge in [0.2, 0.25) is 0 Å². The minimum Gasteiger partial charge on any atom is -0.207 e. The zero-order valence-corrected chi connectivity index (χ0v) is 9.72. The van der Waals surface area contributed by atoms with Crippen molar-refractivity contribution in [1.29, 1.82) is 0 Å². The summed E-state index contributed by atoms with van der Waals surface area (Å²) >= 11 is 0. The molecule has 2 aromatic rings. The van der Waals surface area contributed by atoms with Crippen molar-refractivity contribution in [2.75, 3.05) is 0 Å². The van der Waals surface area contributed by atoms with Crippen molar-refractivity contribution < 1.29 is 8.78 Å². The Kier molecular flexibility index (Phi) is 3.35. The van der Waals surface area contributed by atoms with Crippen LogP contribution in [0, 0.1) is 11.6 Å². The Morgan fingerprint density at radius 2 is 1.00 bits per heavy atom. The van der Waals surface area contributed by atoms with Gasteiger partial charge in [-0.25, -0.2) is 8.78 Å². The van der Waals surface area contributed by atoms with E-state index in [1.54, 1.807) is 24.3 Å². The molecule has 0 nitrogen and oxygen atoms in total. The summed E-state index contributed by atoms with van der Waals surface area (Å²) in [5.74, 6) is -0.461. The van der Waals surface area contributed by atoms with Crippen molar-refractivity contribution >= 4 is 26.0 Å². The molecule has 0 heterocycles. The van der Waals surface area contributed by atoms with Crippen molar-refractivity contribution in [3.63, 3.8) is 0 Å². The highest BCUT2D eigenvalue weighted by atomic mass is 31.1. The van der Waals surface area contributed by atoms with Gasteiger partial charge in [-0.1, -0.05) is 32.1 Å². The van der Waals surface area contributed by atoms with E-state index in [1.165, 1.54) is 24.3 Å². The van der Waals surface area contributed by atoms with Crippen LogP contribution in [-0.4, -0.2) is 7.57 Å². The standard InChI is InChI=1S/C12H10BF2P/c13-16(11-5-1-9(14)2-6-11)12-7-3-10(15)4-8-12/h1-8H,13H2. The van der Waals surface area contributed by atoms with E-state index in [9.17, 15) is 8.78 Å². The maximum atomic E-state index is 12.8. The third-order valence-electron chi connectivity index (χ3n) is 2.43. The van der Waals surface area contributed by atoms with Gasteiger partial charge in [-0.05, 0) is 34.9 Å². The van der Waals surface area contributed by atoms with E-state index in [1.807, 2.05) is 0 Å². The number of hydrogen-bond donors (Lipinski definition) is 0. The van der Waals surface area contributed by atoms with Gasteiger partial charge in [-0.2, -0.15) is 0 Å². The second-order valence-electron chi connectivity index (χ2n) is 3.51. The maximum Gasteiger partial charge on any atom is 0.145 e. The molecule has 0 fully saturated rings. The number of halogens is 2. The van der Waals surface area contributed by atoms with Crippen molar-refractivity contribution in [1.82, 2.24) is 0 Å². The third-order valence-corrected chi connectivity index (χ3v) is 4.57. The van der Waals surface area contributed by atoms with E-state index in [2.05, 4.69) is 7.57 Å². The van der Waals surface area contributed by atoms with Crippen molar-refractivity contribution in [2.24, 2.45) is 0 Å². The normalized spacial score (nSPS) is 10.7. The first-order chi connectivity index (χ1) is 7.66. The molecule has 0 aliphatic rings. The SMILES string of the molecule is BP(c1ccc(F)cc1)c1ccc(F)cc1. The lowest BCUT2D eigenvalue weighted by molar-refractivity contribution is 0.628. The van der Waals surface area contributed by atoms with Crippen molar-refractivity contribution in [3.05, 3.63) is 60.2 Å². The van der Waals surface area contributed by atoms with Gasteiger partial charge < -0.3 is 0 Å². The average Bonchev–Trinajstić information content (AvgIpc) is 2.30. The quantitative estimate of drug-likeness (QED) is 0.550. The van der Waals surface area contributed by atoms with Gasteiger partial charge in [-0.3, -0.25) is 0 Å². The van der Waals surface area contributed by atoms with Gasteiger partial charge in [0.05, 0.1) is 0 Å². The molecule has 16 heavy (non-hydrogen) atoms. The molecule has 0 saturated heterocycles. The minimum absolute atomic E-state index is 0.230. The van der Waals surface area contributed by atoms with E-state index in [-0.39, 0.29) is 11.6 Å². The maximum absolute atomic E-state index is 12.8. The Balaban J connectivity index is 2.28. The molecular weight excluding hydrogens is 224 g/mol. The molecule has 2 aromatic carbocycles. The molecule has 0 unspecified atom stereocenters. The summed E-state index contributed by atoms with van der Waals surface area (Å²) < 4.78 is 25.5. The summed E-state index contributed by atoms with van der Waals surface area (Å²) in [5, 5.41) is 2.17. The van der Waals surface area contributed by atoms with Crippen LogP contribution in [0.25, 0.3) is 0 Å². The zero-order valence-electron chi connectivity index (χ0n) is 8.82. The Hall–Kier alpha value is -1.21. The summed E-state index contributed by atoms with van der Waals surface area (Å²) in [5.41, 5.74) is 0. The molecule has 0 amide bonds. The lowest BCUT2D eigenvalue weighted by atomic mass is 10.3. The molecule has 0 aliphatic carbocycles. The summed E-state index contributed by atoms with van der Waals surface area (Å²) in [7, 11) is 1.55. The zero-order chi connectivity index (χ0) is 11.5. The van der Waals surface area contributed by atoms with Crippen LogP contribution < -0.4 is 10.6 Å². The lowest BCUT2D eigenvalue weighted by Crippen LogP contribution is -2.11. The van der Waals surface area contributed by atoms with Crippen LogP contribution in [0.3, 0.4) is 0 Å². The fraction of sp³-hybridized carbons (Fsp3) is 0. The highest BCUT2D eigenvalue weighted by molar-refractivity contribution is 7.94. The fourth-order valence-electron chi connectivity index (χ4n) is 1.48. The van der Waals surface area contributed by atoms with Gasteiger partial charge in [0, 0.05) is 0 Å². The first-order valence-electron chi connectivity index (χ1n) is 4.92. The Labute approximate surface area is 95.4 Å². The largest absolute Gasteiger partial charge is 0.207 e. The van der Waals surface area contributed by atoms with Gasteiger partial charge in [0.1, 0.15) is 19.2 Å². The Bertz CT molecular complexity index is 422. The Morgan fingerprint density at radius 1 is 0.688 bits per heavy atom. The first kappa shape index (κ1) is 11.3. The van der Waals surface area contributed by atoms with Gasteiger partial charge >= 0.3 is 0 Å². The third kappa shape index (κ3) is 2.48. The van der Waals surface area contributed by atoms with E-state index < -0.39 is 7.80 Å². The van der Waals surface area contributed by atoms with Gasteiger partial charge in [0.25, 0.3) is 0 Å². The molecular formula is C12H10BF2P. The van der Waals surface area contributed by atoms with E-state index in [0.29, 0.717) is 0 Å². The minimum atomic E-state index is -0.529. The second kappa shape index (κ2) is 4.75. The van der Waals surface area contributed by atoms with Gasteiger partial charge in [-0.15, -0.1) is 0 Å². The first-order valence-corrected chi connectivity index (χ1v) is 6.70. The average molecular weight is 234 g/mol. The molecule has 0 atom stereocenters. The van der Waals surface area contributed by atoms with E-state index in [4.69, 9.17) is 0 Å². The summed E-state index contributed by atoms with van der Waals surface area (Å²) in [6.07, 6.45) is 0. The molecule has 0 aromatic heterocycles. The van der Waals surface area contributed by atoms with Crippen LogP contribution in [0.4, 0.5) is 8.78 Å². The molecule has 0 aliphatic heterocycles. The summed E-state index contributed by atoms with van der Waals surface area (Å²) in [6.45, 7) is 0. The number of hydrogen-bond acceptors (Lipinski definition) is 0. The predicted molar refractivity (Wildman–Crippen MR) is 67.5 cm³/mol. The second-order valence-corrected chi connectivity index (χ2v) is 5.66.